The molecule has 0 saturated carbocycles. The van der Waals surface area contributed by atoms with Crippen LogP contribution in [0.25, 0.3) is 0 Å². The molecule has 0 fully saturated rings. The average Bonchev–Trinajstić information content (AvgIpc) is 2.73. The van der Waals surface area contributed by atoms with Gasteiger partial charge in [-0.25, -0.2) is 4.39 Å². The van der Waals surface area contributed by atoms with E-state index >= 15 is 0 Å². The van der Waals surface area contributed by atoms with Crippen LogP contribution in [-0.2, 0) is 5.88 Å². The summed E-state index contributed by atoms with van der Waals surface area (Å²) in [4.78, 5) is 0. The average molecular weight is 263 g/mol. The largest absolute Gasteiger partial charge is 0.427 e. The first-order valence-corrected chi connectivity index (χ1v) is 5.56. The van der Waals surface area contributed by atoms with E-state index in [1.807, 2.05) is 0 Å². The lowest BCUT2D eigenvalue weighted by Gasteiger charge is -2.02. The van der Waals surface area contributed by atoms with Gasteiger partial charge in [0.05, 0.1) is 5.88 Å². The molecule has 2 aromatic rings. The molecule has 1 aromatic heterocycles. The normalized spacial score (nSPS) is 10.4. The van der Waals surface area contributed by atoms with Gasteiger partial charge in [0, 0.05) is 0 Å². The smallest absolute Gasteiger partial charge is 0.299 e. The molecule has 16 heavy (non-hydrogen) atoms. The van der Waals surface area contributed by atoms with E-state index in [1.165, 1.54) is 12.1 Å². The van der Waals surface area contributed by atoms with Crippen LogP contribution in [0, 0.1) is 11.6 Å². The van der Waals surface area contributed by atoms with Gasteiger partial charge < -0.3 is 4.74 Å². The second-order valence-corrected chi connectivity index (χ2v) is 4.04. The number of ether oxygens (including phenoxy) is 1. The highest BCUT2D eigenvalue weighted by atomic mass is 35.5. The number of rotatable bonds is 3. The molecule has 0 radical (unpaired) electrons. The number of hydrogen-bond acceptors (Lipinski definition) is 4. The van der Waals surface area contributed by atoms with Crippen molar-refractivity contribution in [1.29, 1.82) is 0 Å². The maximum absolute atomic E-state index is 13.2. The molecule has 0 aliphatic heterocycles. The number of benzene rings is 1. The number of halogens is 3. The first kappa shape index (κ1) is 11.2. The molecular weight excluding hydrogens is 258 g/mol. The van der Waals surface area contributed by atoms with Crippen LogP contribution in [0.2, 0.25) is 0 Å². The van der Waals surface area contributed by atoms with E-state index in [4.69, 9.17) is 16.3 Å². The Morgan fingerprint density at radius 3 is 2.81 bits per heavy atom. The molecule has 0 bridgehead atoms. The molecule has 0 saturated heterocycles. The van der Waals surface area contributed by atoms with Crippen LogP contribution in [0.3, 0.4) is 0 Å². The highest BCUT2D eigenvalue weighted by molar-refractivity contribution is 7.13. The molecule has 0 N–H and O–H groups in total. The molecule has 0 amide bonds. The third kappa shape index (κ3) is 2.28. The maximum atomic E-state index is 13.2. The number of nitrogens with zero attached hydrogens (tertiary/aromatic N) is 2. The van der Waals surface area contributed by atoms with E-state index in [-0.39, 0.29) is 16.8 Å². The topological polar surface area (TPSA) is 35.0 Å². The molecule has 1 aromatic carbocycles. The Kier molecular flexibility index (Phi) is 3.31. The van der Waals surface area contributed by atoms with Crippen molar-refractivity contribution in [3.8, 4) is 10.9 Å². The fourth-order valence-corrected chi connectivity index (χ4v) is 1.76. The monoisotopic (exact) mass is 262 g/mol. The Hall–Kier alpha value is -1.27. The van der Waals surface area contributed by atoms with E-state index in [1.54, 1.807) is 0 Å². The first-order valence-electron chi connectivity index (χ1n) is 4.21. The summed E-state index contributed by atoms with van der Waals surface area (Å²) in [7, 11) is 0. The van der Waals surface area contributed by atoms with Crippen LogP contribution < -0.4 is 4.74 Å². The van der Waals surface area contributed by atoms with Crippen LogP contribution in [-0.4, -0.2) is 10.2 Å². The van der Waals surface area contributed by atoms with Crippen molar-refractivity contribution in [3.05, 3.63) is 34.8 Å². The Balaban J connectivity index is 2.23. The van der Waals surface area contributed by atoms with Crippen molar-refractivity contribution >= 4 is 22.9 Å². The van der Waals surface area contributed by atoms with E-state index in [0.717, 1.165) is 17.4 Å². The highest BCUT2D eigenvalue weighted by Gasteiger charge is 2.12. The predicted octanol–water partition coefficient (Wildman–Crippen LogP) is 3.35. The van der Waals surface area contributed by atoms with Crippen molar-refractivity contribution in [2.24, 2.45) is 0 Å². The quantitative estimate of drug-likeness (QED) is 0.796. The molecule has 1 heterocycles. The second-order valence-electron chi connectivity index (χ2n) is 2.75. The van der Waals surface area contributed by atoms with Gasteiger partial charge >= 0.3 is 0 Å². The minimum absolute atomic E-state index is 0.125. The molecular formula is C9H5ClF2N2OS. The summed E-state index contributed by atoms with van der Waals surface area (Å²) in [5.41, 5.74) is 0. The summed E-state index contributed by atoms with van der Waals surface area (Å²) in [6.45, 7) is 0. The summed E-state index contributed by atoms with van der Waals surface area (Å²) in [5.74, 6) is -2.05. The van der Waals surface area contributed by atoms with E-state index in [9.17, 15) is 8.78 Å². The lowest BCUT2D eigenvalue weighted by molar-refractivity contribution is 0.411. The van der Waals surface area contributed by atoms with Gasteiger partial charge in [-0.05, 0) is 12.1 Å². The van der Waals surface area contributed by atoms with Gasteiger partial charge in [-0.3, -0.25) is 0 Å². The predicted molar refractivity (Wildman–Crippen MR) is 55.9 cm³/mol. The van der Waals surface area contributed by atoms with Gasteiger partial charge in [0.1, 0.15) is 5.01 Å². The molecule has 0 spiro atoms. The van der Waals surface area contributed by atoms with Crippen LogP contribution >= 0.6 is 22.9 Å². The maximum Gasteiger partial charge on any atom is 0.299 e. The lowest BCUT2D eigenvalue weighted by atomic mass is 10.3. The summed E-state index contributed by atoms with van der Waals surface area (Å²) in [5, 5.41) is 7.98. The standard InChI is InChI=1S/C9H5ClF2N2OS/c10-4-7-13-14-9(16-7)15-6-3-1-2-5(11)8(6)12/h1-3H,4H2. The van der Waals surface area contributed by atoms with E-state index < -0.39 is 11.6 Å². The van der Waals surface area contributed by atoms with Gasteiger partial charge in [0.25, 0.3) is 5.19 Å². The Morgan fingerprint density at radius 1 is 1.31 bits per heavy atom. The molecule has 2 rings (SSSR count). The zero-order chi connectivity index (χ0) is 11.5. The Bertz CT molecular complexity index is 506. The van der Waals surface area contributed by atoms with Crippen LogP contribution in [0.4, 0.5) is 8.78 Å². The van der Waals surface area contributed by atoms with E-state index in [0.29, 0.717) is 5.01 Å². The number of aromatic nitrogens is 2. The lowest BCUT2D eigenvalue weighted by Crippen LogP contribution is -1.90. The number of alkyl halides is 1. The molecule has 3 nitrogen and oxygen atoms in total. The van der Waals surface area contributed by atoms with Crippen molar-refractivity contribution < 1.29 is 13.5 Å². The SMILES string of the molecule is Fc1cccc(Oc2nnc(CCl)s2)c1F. The van der Waals surface area contributed by atoms with Gasteiger partial charge in [-0.2, -0.15) is 4.39 Å². The summed E-state index contributed by atoms with van der Waals surface area (Å²) in [6.07, 6.45) is 0. The second kappa shape index (κ2) is 4.71. The first-order chi connectivity index (χ1) is 7.70. The fraction of sp³-hybridized carbons (Fsp3) is 0.111. The third-order valence-corrected chi connectivity index (χ3v) is 2.89. The molecule has 0 aliphatic carbocycles. The Labute approximate surface area is 98.6 Å². The molecule has 0 atom stereocenters. The summed E-state index contributed by atoms with van der Waals surface area (Å²) >= 11 is 6.59. The van der Waals surface area contributed by atoms with Gasteiger partial charge in [0.2, 0.25) is 5.82 Å². The molecule has 7 heteroatoms. The summed E-state index contributed by atoms with van der Waals surface area (Å²) in [6, 6.07) is 3.66. The van der Waals surface area contributed by atoms with Gasteiger partial charge in [-0.15, -0.1) is 16.7 Å². The zero-order valence-corrected chi connectivity index (χ0v) is 9.36. The molecule has 0 unspecified atom stereocenters. The van der Waals surface area contributed by atoms with E-state index in [2.05, 4.69) is 10.2 Å². The minimum Gasteiger partial charge on any atom is -0.427 e. The van der Waals surface area contributed by atoms with Gasteiger partial charge in [0.15, 0.2) is 11.6 Å². The number of hydrogen-bond donors (Lipinski definition) is 0. The van der Waals surface area contributed by atoms with Crippen molar-refractivity contribution in [1.82, 2.24) is 10.2 Å². The molecule has 84 valence electrons. The van der Waals surface area contributed by atoms with Crippen molar-refractivity contribution in [2.45, 2.75) is 5.88 Å². The van der Waals surface area contributed by atoms with Crippen LogP contribution in [0.15, 0.2) is 18.2 Å². The van der Waals surface area contributed by atoms with Crippen molar-refractivity contribution in [3.63, 3.8) is 0 Å². The fourth-order valence-electron chi connectivity index (χ4n) is 0.990. The van der Waals surface area contributed by atoms with Crippen LogP contribution in [0.5, 0.6) is 10.9 Å². The molecule has 0 aliphatic rings. The summed E-state index contributed by atoms with van der Waals surface area (Å²) < 4.78 is 31.1. The van der Waals surface area contributed by atoms with Crippen LogP contribution in [0.1, 0.15) is 5.01 Å². The Morgan fingerprint density at radius 2 is 2.12 bits per heavy atom. The highest BCUT2D eigenvalue weighted by Crippen LogP contribution is 2.28. The third-order valence-electron chi connectivity index (χ3n) is 1.68. The van der Waals surface area contributed by atoms with Gasteiger partial charge in [-0.1, -0.05) is 22.5 Å². The minimum atomic E-state index is -1.05. The van der Waals surface area contributed by atoms with Crippen molar-refractivity contribution in [2.75, 3.05) is 0 Å². The zero-order valence-electron chi connectivity index (χ0n) is 7.78.